The van der Waals surface area contributed by atoms with Crippen LogP contribution in [0.3, 0.4) is 0 Å². The molecule has 0 bridgehead atoms. The van der Waals surface area contributed by atoms with Crippen molar-refractivity contribution in [3.63, 3.8) is 0 Å². The van der Waals surface area contributed by atoms with Crippen molar-refractivity contribution in [2.45, 2.75) is 39.5 Å². The van der Waals surface area contributed by atoms with Crippen LogP contribution in [0.25, 0.3) is 0 Å². The molecule has 0 fully saturated rings. The number of methoxy groups -OCH3 is 1. The summed E-state index contributed by atoms with van der Waals surface area (Å²) in [7, 11) is 1.67. The zero-order valence-electron chi connectivity index (χ0n) is 16.6. The minimum absolute atomic E-state index is 0.0120. The fourth-order valence-corrected chi connectivity index (χ4v) is 3.81. The minimum Gasteiger partial charge on any atom is -0.380 e. The maximum Gasteiger partial charge on any atom is 0.251 e. The molecule has 4 nitrogen and oxygen atoms in total. The molecular weight excluding hydrogens is 336 g/mol. The molecule has 1 heterocycles. The Morgan fingerprint density at radius 2 is 1.81 bits per heavy atom. The zero-order valence-corrected chi connectivity index (χ0v) is 16.6. The maximum absolute atomic E-state index is 12.6. The summed E-state index contributed by atoms with van der Waals surface area (Å²) in [6.07, 6.45) is 1.08. The van der Waals surface area contributed by atoms with E-state index in [1.165, 1.54) is 11.1 Å². The van der Waals surface area contributed by atoms with Crippen LogP contribution < -0.4 is 5.32 Å². The number of nitrogens with zero attached hydrogens (tertiary/aromatic N) is 1. The highest BCUT2D eigenvalue weighted by atomic mass is 16.5. The molecule has 0 radical (unpaired) electrons. The van der Waals surface area contributed by atoms with Crippen molar-refractivity contribution in [1.29, 1.82) is 0 Å². The number of nitrogens with one attached hydrogen (secondary N) is 1. The van der Waals surface area contributed by atoms with Gasteiger partial charge in [-0.3, -0.25) is 9.69 Å². The summed E-state index contributed by atoms with van der Waals surface area (Å²) in [6.45, 7) is 7.70. The lowest BCUT2D eigenvalue weighted by Crippen LogP contribution is -2.48. The second-order valence-corrected chi connectivity index (χ2v) is 7.64. The normalized spacial score (nSPS) is 15.4. The van der Waals surface area contributed by atoms with Gasteiger partial charge in [0.15, 0.2) is 0 Å². The van der Waals surface area contributed by atoms with Crippen LogP contribution in [0.1, 0.15) is 40.9 Å². The molecule has 1 aliphatic rings. The van der Waals surface area contributed by atoms with E-state index in [2.05, 4.69) is 48.3 Å². The first kappa shape index (κ1) is 19.6. The van der Waals surface area contributed by atoms with Gasteiger partial charge in [-0.2, -0.15) is 0 Å². The molecule has 4 heteroatoms. The number of hydrogen-bond acceptors (Lipinski definition) is 3. The van der Waals surface area contributed by atoms with Crippen LogP contribution in [0.4, 0.5) is 0 Å². The van der Waals surface area contributed by atoms with Crippen LogP contribution >= 0.6 is 0 Å². The lowest BCUT2D eigenvalue weighted by molar-refractivity contribution is 0.0904. The van der Waals surface area contributed by atoms with Crippen molar-refractivity contribution < 1.29 is 9.53 Å². The van der Waals surface area contributed by atoms with Crippen LogP contribution in [0.5, 0.6) is 0 Å². The van der Waals surface area contributed by atoms with E-state index in [4.69, 9.17) is 4.74 Å². The second kappa shape index (κ2) is 9.16. The number of ether oxygens (including phenoxy) is 1. The van der Waals surface area contributed by atoms with Gasteiger partial charge in [0.1, 0.15) is 0 Å². The number of rotatable bonds is 7. The fourth-order valence-electron chi connectivity index (χ4n) is 3.81. The second-order valence-electron chi connectivity index (χ2n) is 7.64. The molecule has 27 heavy (non-hydrogen) atoms. The fraction of sp³-hybridized carbons (Fsp3) is 0.435. The van der Waals surface area contributed by atoms with Crippen LogP contribution in [0.2, 0.25) is 0 Å². The molecule has 1 amide bonds. The summed E-state index contributed by atoms with van der Waals surface area (Å²) < 4.78 is 5.12. The molecule has 3 rings (SSSR count). The van der Waals surface area contributed by atoms with Crippen LogP contribution in [-0.4, -0.2) is 37.0 Å². The highest BCUT2D eigenvalue weighted by Gasteiger charge is 2.26. The van der Waals surface area contributed by atoms with E-state index in [1.54, 1.807) is 7.11 Å². The average Bonchev–Trinajstić information content (AvgIpc) is 2.68. The number of carbonyl (C=O) groups is 1. The molecule has 144 valence electrons. The molecule has 2 aromatic rings. The Hall–Kier alpha value is -2.17. The van der Waals surface area contributed by atoms with Gasteiger partial charge in [-0.05, 0) is 41.2 Å². The van der Waals surface area contributed by atoms with E-state index in [0.29, 0.717) is 30.7 Å². The van der Waals surface area contributed by atoms with Crippen molar-refractivity contribution in [2.75, 3.05) is 20.2 Å². The maximum atomic E-state index is 12.6. The Morgan fingerprint density at radius 1 is 1.11 bits per heavy atom. The summed E-state index contributed by atoms with van der Waals surface area (Å²) in [4.78, 5) is 15.1. The highest BCUT2D eigenvalue weighted by Crippen LogP contribution is 2.22. The molecular formula is C23H30N2O2. The SMILES string of the molecule is COCc1ccc(C(=O)NC[C@H](C(C)C)N2CCc3ccccc3C2)cc1. The van der Waals surface area contributed by atoms with E-state index in [0.717, 1.165) is 25.1 Å². The monoisotopic (exact) mass is 366 g/mol. The molecule has 1 N–H and O–H groups in total. The van der Waals surface area contributed by atoms with Crippen LogP contribution in [0, 0.1) is 5.92 Å². The van der Waals surface area contributed by atoms with Gasteiger partial charge in [0.25, 0.3) is 5.91 Å². The number of amides is 1. The number of benzene rings is 2. The van der Waals surface area contributed by atoms with Gasteiger partial charge in [-0.25, -0.2) is 0 Å². The topological polar surface area (TPSA) is 41.6 Å². The number of fused-ring (bicyclic) bond motifs is 1. The largest absolute Gasteiger partial charge is 0.380 e. The molecule has 0 aliphatic carbocycles. The van der Waals surface area contributed by atoms with Crippen LogP contribution in [-0.2, 0) is 24.3 Å². The van der Waals surface area contributed by atoms with E-state index >= 15 is 0 Å². The van der Waals surface area contributed by atoms with Crippen molar-refractivity contribution in [2.24, 2.45) is 5.92 Å². The van der Waals surface area contributed by atoms with Gasteiger partial charge < -0.3 is 10.1 Å². The molecule has 0 saturated carbocycles. The summed E-state index contributed by atoms with van der Waals surface area (Å²) in [5.74, 6) is 0.460. The molecule has 1 atom stereocenters. The van der Waals surface area contributed by atoms with Gasteiger partial charge in [0, 0.05) is 38.3 Å². The van der Waals surface area contributed by atoms with Gasteiger partial charge in [-0.1, -0.05) is 50.2 Å². The Bertz CT molecular complexity index is 755. The lowest BCUT2D eigenvalue weighted by atomic mass is 9.95. The van der Waals surface area contributed by atoms with E-state index in [1.807, 2.05) is 24.3 Å². The Kier molecular flexibility index (Phi) is 6.64. The molecule has 0 saturated heterocycles. The smallest absolute Gasteiger partial charge is 0.251 e. The third kappa shape index (κ3) is 4.96. The lowest BCUT2D eigenvalue weighted by Gasteiger charge is -2.38. The predicted molar refractivity (Wildman–Crippen MR) is 109 cm³/mol. The van der Waals surface area contributed by atoms with Crippen molar-refractivity contribution >= 4 is 5.91 Å². The first-order valence-corrected chi connectivity index (χ1v) is 9.75. The minimum atomic E-state index is -0.0120. The van der Waals surface area contributed by atoms with Gasteiger partial charge in [0.05, 0.1) is 6.61 Å². The quantitative estimate of drug-likeness (QED) is 0.813. The Morgan fingerprint density at radius 3 is 2.48 bits per heavy atom. The van der Waals surface area contributed by atoms with E-state index < -0.39 is 0 Å². The molecule has 2 aromatic carbocycles. The third-order valence-electron chi connectivity index (χ3n) is 5.40. The summed E-state index contributed by atoms with van der Waals surface area (Å²) in [5, 5.41) is 3.14. The predicted octanol–water partition coefficient (Wildman–Crippen LogP) is 3.65. The summed E-state index contributed by atoms with van der Waals surface area (Å²) >= 11 is 0. The van der Waals surface area contributed by atoms with Gasteiger partial charge in [0.2, 0.25) is 0 Å². The standard InChI is InChI=1S/C23H30N2O2/c1-17(2)22(25-13-12-19-6-4-5-7-21(19)15-25)14-24-23(26)20-10-8-18(9-11-20)16-27-3/h4-11,17,22H,12-16H2,1-3H3,(H,24,26)/t22-/m1/s1. The Balaban J connectivity index is 1.61. The molecule has 1 aliphatic heterocycles. The number of hydrogen-bond donors (Lipinski definition) is 1. The molecule has 0 unspecified atom stereocenters. The summed E-state index contributed by atoms with van der Waals surface area (Å²) in [5.41, 5.74) is 4.63. The highest BCUT2D eigenvalue weighted by molar-refractivity contribution is 5.94. The first-order valence-electron chi connectivity index (χ1n) is 9.75. The molecule has 0 spiro atoms. The molecule has 0 aromatic heterocycles. The number of carbonyl (C=O) groups excluding carboxylic acids is 1. The van der Waals surface area contributed by atoms with Gasteiger partial charge >= 0.3 is 0 Å². The zero-order chi connectivity index (χ0) is 19.2. The first-order chi connectivity index (χ1) is 13.1. The van der Waals surface area contributed by atoms with Gasteiger partial charge in [-0.15, -0.1) is 0 Å². The summed E-state index contributed by atoms with van der Waals surface area (Å²) in [6, 6.07) is 16.6. The average molecular weight is 367 g/mol. The third-order valence-corrected chi connectivity index (χ3v) is 5.40. The Labute approximate surface area is 162 Å². The van der Waals surface area contributed by atoms with E-state index in [-0.39, 0.29) is 5.91 Å². The van der Waals surface area contributed by atoms with E-state index in [9.17, 15) is 4.79 Å². The van der Waals surface area contributed by atoms with Crippen molar-refractivity contribution in [1.82, 2.24) is 10.2 Å². The van der Waals surface area contributed by atoms with Crippen molar-refractivity contribution in [3.8, 4) is 0 Å². The van der Waals surface area contributed by atoms with Crippen LogP contribution in [0.15, 0.2) is 48.5 Å². The van der Waals surface area contributed by atoms with Crippen molar-refractivity contribution in [3.05, 3.63) is 70.8 Å².